The summed E-state index contributed by atoms with van der Waals surface area (Å²) in [7, 11) is 3.88. The molecule has 1 atom stereocenters. The van der Waals surface area contributed by atoms with E-state index >= 15 is 0 Å². The smallest absolute Gasteiger partial charge is 0.0474 e. The zero-order chi connectivity index (χ0) is 13.5. The second kappa shape index (κ2) is 7.52. The normalized spacial score (nSPS) is 13.0. The molecule has 0 bridgehead atoms. The molecular formula is C15H26N2O. The molecule has 1 aromatic carbocycles. The number of aryl methyl sites for hydroxylation is 1. The fraction of sp³-hybridized carbons (Fsp3) is 0.600. The molecule has 1 aromatic rings. The van der Waals surface area contributed by atoms with Crippen LogP contribution in [0.25, 0.3) is 0 Å². The lowest BCUT2D eigenvalue weighted by Gasteiger charge is -2.29. The monoisotopic (exact) mass is 250 g/mol. The highest BCUT2D eigenvalue weighted by Crippen LogP contribution is 2.24. The van der Waals surface area contributed by atoms with Gasteiger partial charge in [0.25, 0.3) is 0 Å². The van der Waals surface area contributed by atoms with Crippen LogP contribution in [0.2, 0.25) is 0 Å². The lowest BCUT2D eigenvalue weighted by molar-refractivity contribution is 0.166. The van der Waals surface area contributed by atoms with Crippen molar-refractivity contribution in [3.63, 3.8) is 0 Å². The van der Waals surface area contributed by atoms with Crippen molar-refractivity contribution in [2.24, 2.45) is 5.73 Å². The van der Waals surface area contributed by atoms with Gasteiger partial charge in [0.05, 0.1) is 0 Å². The van der Waals surface area contributed by atoms with Gasteiger partial charge in [-0.1, -0.05) is 18.2 Å². The van der Waals surface area contributed by atoms with Gasteiger partial charge in [0, 0.05) is 32.8 Å². The summed E-state index contributed by atoms with van der Waals surface area (Å²) in [6, 6.07) is 6.75. The van der Waals surface area contributed by atoms with Crippen molar-refractivity contribution in [2.45, 2.75) is 26.3 Å². The van der Waals surface area contributed by atoms with E-state index in [-0.39, 0.29) is 0 Å². The molecule has 18 heavy (non-hydrogen) atoms. The molecular weight excluding hydrogens is 224 g/mol. The summed E-state index contributed by atoms with van der Waals surface area (Å²) in [5.74, 6) is 0. The van der Waals surface area contributed by atoms with Crippen LogP contribution in [-0.2, 0) is 4.74 Å². The van der Waals surface area contributed by atoms with Gasteiger partial charge in [0.2, 0.25) is 0 Å². The van der Waals surface area contributed by atoms with Crippen molar-refractivity contribution in [2.75, 3.05) is 33.9 Å². The highest BCUT2D eigenvalue weighted by Gasteiger charge is 2.17. The molecule has 3 heteroatoms. The summed E-state index contributed by atoms with van der Waals surface area (Å²) in [6.07, 6.45) is 1.04. The van der Waals surface area contributed by atoms with Crippen LogP contribution in [0.15, 0.2) is 18.2 Å². The van der Waals surface area contributed by atoms with Crippen LogP contribution in [0, 0.1) is 13.8 Å². The molecule has 0 amide bonds. The third-order valence-electron chi connectivity index (χ3n) is 3.62. The van der Waals surface area contributed by atoms with Gasteiger partial charge in [-0.15, -0.1) is 0 Å². The molecule has 0 aromatic heterocycles. The van der Waals surface area contributed by atoms with Crippen LogP contribution >= 0.6 is 0 Å². The molecule has 0 heterocycles. The maximum atomic E-state index is 5.96. The molecule has 1 rings (SSSR count). The van der Waals surface area contributed by atoms with Crippen LogP contribution in [0.5, 0.6) is 0 Å². The first kappa shape index (κ1) is 15.2. The molecule has 0 aliphatic heterocycles. The van der Waals surface area contributed by atoms with Crippen molar-refractivity contribution in [3.8, 4) is 0 Å². The van der Waals surface area contributed by atoms with E-state index in [4.69, 9.17) is 10.5 Å². The van der Waals surface area contributed by atoms with Crippen LogP contribution in [0.3, 0.4) is 0 Å². The van der Waals surface area contributed by atoms with Crippen LogP contribution in [-0.4, -0.2) is 38.8 Å². The maximum absolute atomic E-state index is 5.96. The molecule has 0 aliphatic carbocycles. The third-order valence-corrected chi connectivity index (χ3v) is 3.62. The van der Waals surface area contributed by atoms with E-state index in [0.717, 1.165) is 19.6 Å². The van der Waals surface area contributed by atoms with Gasteiger partial charge < -0.3 is 10.5 Å². The van der Waals surface area contributed by atoms with Gasteiger partial charge in [0.1, 0.15) is 0 Å². The van der Waals surface area contributed by atoms with Gasteiger partial charge in [0.15, 0.2) is 0 Å². The van der Waals surface area contributed by atoms with E-state index < -0.39 is 0 Å². The quantitative estimate of drug-likeness (QED) is 0.755. The Balaban J connectivity index is 2.78. The molecule has 102 valence electrons. The molecule has 0 saturated heterocycles. The summed E-state index contributed by atoms with van der Waals surface area (Å²) >= 11 is 0. The van der Waals surface area contributed by atoms with Gasteiger partial charge in [-0.05, 0) is 44.0 Å². The minimum Gasteiger partial charge on any atom is -0.385 e. The number of nitrogens with two attached hydrogens (primary N) is 1. The fourth-order valence-electron chi connectivity index (χ4n) is 2.29. The first-order valence-electron chi connectivity index (χ1n) is 6.57. The molecule has 2 N–H and O–H groups in total. The summed E-state index contributed by atoms with van der Waals surface area (Å²) in [6.45, 7) is 6.78. The zero-order valence-electron chi connectivity index (χ0n) is 12.1. The maximum Gasteiger partial charge on any atom is 0.0474 e. The highest BCUT2D eigenvalue weighted by molar-refractivity contribution is 5.35. The number of nitrogens with zero attached hydrogens (tertiary/aromatic N) is 1. The topological polar surface area (TPSA) is 38.5 Å². The number of benzene rings is 1. The number of ether oxygens (including phenoxy) is 1. The lowest BCUT2D eigenvalue weighted by Crippen LogP contribution is -2.32. The number of hydrogen-bond donors (Lipinski definition) is 1. The van der Waals surface area contributed by atoms with E-state index in [1.807, 2.05) is 0 Å². The van der Waals surface area contributed by atoms with Crippen LogP contribution < -0.4 is 5.73 Å². The fourth-order valence-corrected chi connectivity index (χ4v) is 2.29. The van der Waals surface area contributed by atoms with E-state index in [0.29, 0.717) is 12.6 Å². The molecule has 0 aliphatic rings. The Morgan fingerprint density at radius 2 is 2.06 bits per heavy atom. The second-order valence-electron chi connectivity index (χ2n) is 4.87. The molecule has 3 nitrogen and oxygen atoms in total. The van der Waals surface area contributed by atoms with Gasteiger partial charge in [-0.25, -0.2) is 0 Å². The van der Waals surface area contributed by atoms with Crippen LogP contribution in [0.4, 0.5) is 0 Å². The van der Waals surface area contributed by atoms with E-state index in [1.165, 1.54) is 16.7 Å². The summed E-state index contributed by atoms with van der Waals surface area (Å²) in [4.78, 5) is 2.32. The van der Waals surface area contributed by atoms with Gasteiger partial charge >= 0.3 is 0 Å². The molecule has 0 fully saturated rings. The summed E-state index contributed by atoms with van der Waals surface area (Å²) in [5, 5.41) is 0. The average molecular weight is 250 g/mol. The van der Waals surface area contributed by atoms with Gasteiger partial charge in [-0.2, -0.15) is 0 Å². The predicted octanol–water partition coefficient (Wildman–Crippen LogP) is 2.27. The first-order chi connectivity index (χ1) is 8.61. The van der Waals surface area contributed by atoms with Crippen LogP contribution in [0.1, 0.15) is 29.2 Å². The number of methoxy groups -OCH3 is 1. The van der Waals surface area contributed by atoms with Crippen molar-refractivity contribution in [1.82, 2.24) is 4.90 Å². The number of likely N-dealkylation sites (N-methyl/N-ethyl adjacent to an activating group) is 1. The van der Waals surface area contributed by atoms with E-state index in [9.17, 15) is 0 Å². The van der Waals surface area contributed by atoms with Crippen molar-refractivity contribution >= 4 is 0 Å². The Hall–Kier alpha value is -0.900. The third kappa shape index (κ3) is 3.80. The average Bonchev–Trinajstić information content (AvgIpc) is 2.36. The number of rotatable bonds is 7. The lowest BCUT2D eigenvalue weighted by atomic mass is 9.96. The second-order valence-corrected chi connectivity index (χ2v) is 4.87. The Morgan fingerprint density at radius 1 is 1.33 bits per heavy atom. The molecule has 0 radical (unpaired) electrons. The van der Waals surface area contributed by atoms with Crippen molar-refractivity contribution in [1.29, 1.82) is 0 Å². The van der Waals surface area contributed by atoms with E-state index in [1.54, 1.807) is 7.11 Å². The van der Waals surface area contributed by atoms with E-state index in [2.05, 4.69) is 44.0 Å². The minimum absolute atomic E-state index is 0.293. The number of hydrogen-bond acceptors (Lipinski definition) is 3. The Morgan fingerprint density at radius 3 is 2.67 bits per heavy atom. The molecule has 0 spiro atoms. The van der Waals surface area contributed by atoms with Crippen molar-refractivity contribution in [3.05, 3.63) is 34.9 Å². The summed E-state index contributed by atoms with van der Waals surface area (Å²) < 4.78 is 5.10. The van der Waals surface area contributed by atoms with Gasteiger partial charge in [-0.3, -0.25) is 4.90 Å². The Bertz CT molecular complexity index is 366. The highest BCUT2D eigenvalue weighted by atomic mass is 16.5. The predicted molar refractivity (Wildman–Crippen MR) is 76.8 cm³/mol. The Kier molecular flexibility index (Phi) is 6.33. The SMILES string of the molecule is COCCCN(C)C(CN)c1cccc(C)c1C. The molecule has 1 unspecified atom stereocenters. The standard InChI is InChI=1S/C15H26N2O/c1-12-7-5-8-14(13(12)2)15(11-16)17(3)9-6-10-18-4/h5,7-8,15H,6,9-11,16H2,1-4H3. The zero-order valence-corrected chi connectivity index (χ0v) is 12.1. The Labute approximate surface area is 111 Å². The first-order valence-corrected chi connectivity index (χ1v) is 6.57. The largest absolute Gasteiger partial charge is 0.385 e. The molecule has 0 saturated carbocycles. The summed E-state index contributed by atoms with van der Waals surface area (Å²) in [5.41, 5.74) is 9.98. The van der Waals surface area contributed by atoms with Crippen molar-refractivity contribution < 1.29 is 4.74 Å². The minimum atomic E-state index is 0.293.